The van der Waals surface area contributed by atoms with E-state index < -0.39 is 0 Å². The second kappa shape index (κ2) is 9.56. The molecule has 1 heterocycles. The van der Waals surface area contributed by atoms with Crippen molar-refractivity contribution in [1.29, 1.82) is 0 Å². The fraction of sp³-hybridized carbons (Fsp3) is 0.333. The molecule has 3 aromatic rings. The summed E-state index contributed by atoms with van der Waals surface area (Å²) in [5.41, 5.74) is 5.44. The van der Waals surface area contributed by atoms with Gasteiger partial charge >= 0.3 is 0 Å². The molecule has 0 fully saturated rings. The Balaban J connectivity index is 1.47. The molecule has 3 rings (SSSR count). The third kappa shape index (κ3) is 5.80. The third-order valence-electron chi connectivity index (χ3n) is 4.24. The first kappa shape index (κ1) is 20.9. The van der Waals surface area contributed by atoms with E-state index in [1.807, 2.05) is 52.0 Å². The monoisotopic (exact) mass is 411 g/mol. The lowest BCUT2D eigenvalue weighted by atomic mass is 10.1. The van der Waals surface area contributed by atoms with Crippen LogP contribution in [-0.2, 0) is 4.79 Å². The maximum Gasteiger partial charge on any atom is 0.230 e. The van der Waals surface area contributed by atoms with Crippen molar-refractivity contribution in [3.05, 3.63) is 58.7 Å². The van der Waals surface area contributed by atoms with E-state index in [0.717, 1.165) is 28.1 Å². The molecule has 0 unspecified atom stereocenters. The van der Waals surface area contributed by atoms with Crippen molar-refractivity contribution in [2.24, 2.45) is 0 Å². The number of nitrogens with one attached hydrogen (secondary N) is 1. The molecule has 1 N–H and O–H groups in total. The van der Waals surface area contributed by atoms with Gasteiger partial charge in [0, 0.05) is 0 Å². The number of benzene rings is 2. The molecule has 0 aliphatic rings. The predicted molar refractivity (Wildman–Crippen MR) is 114 cm³/mol. The Morgan fingerprint density at radius 1 is 1.07 bits per heavy atom. The summed E-state index contributed by atoms with van der Waals surface area (Å²) in [6.07, 6.45) is 0. The largest absolute Gasteiger partial charge is 0.491 e. The van der Waals surface area contributed by atoms with E-state index in [1.54, 1.807) is 4.68 Å². The zero-order valence-corrected chi connectivity index (χ0v) is 17.9. The van der Waals surface area contributed by atoms with Gasteiger partial charge in [-0.1, -0.05) is 35.5 Å². The van der Waals surface area contributed by atoms with Crippen LogP contribution in [0.5, 0.6) is 5.75 Å². The summed E-state index contributed by atoms with van der Waals surface area (Å²) in [4.78, 5) is 12.2. The van der Waals surface area contributed by atoms with Crippen LogP contribution in [0.15, 0.2) is 41.6 Å². The average molecular weight is 412 g/mol. The number of ether oxygens (including phenoxy) is 1. The minimum absolute atomic E-state index is 0.0887. The van der Waals surface area contributed by atoms with Gasteiger partial charge in [0.25, 0.3) is 0 Å². The van der Waals surface area contributed by atoms with Crippen molar-refractivity contribution in [2.45, 2.75) is 32.9 Å². The molecule has 0 spiro atoms. The summed E-state index contributed by atoms with van der Waals surface area (Å²) in [5, 5.41) is 15.3. The number of thioether (sulfide) groups is 1. The van der Waals surface area contributed by atoms with Crippen LogP contribution in [0, 0.1) is 27.7 Å². The summed E-state index contributed by atoms with van der Waals surface area (Å²) in [6, 6.07) is 12.2. The SMILES string of the molecule is Cc1cc(C)cc(-n2nnnc2SCC(=O)NCCOc2ccc(C)cc2C)c1. The number of nitrogens with zero attached hydrogens (tertiary/aromatic N) is 4. The number of hydrogen-bond donors (Lipinski definition) is 1. The molecule has 0 bridgehead atoms. The van der Waals surface area contributed by atoms with Crippen molar-refractivity contribution in [3.8, 4) is 11.4 Å². The van der Waals surface area contributed by atoms with E-state index in [2.05, 4.69) is 33.0 Å². The Kier molecular flexibility index (Phi) is 6.87. The highest BCUT2D eigenvalue weighted by Gasteiger charge is 2.12. The molecule has 29 heavy (non-hydrogen) atoms. The average Bonchev–Trinajstić information content (AvgIpc) is 3.13. The highest BCUT2D eigenvalue weighted by atomic mass is 32.2. The quantitative estimate of drug-likeness (QED) is 0.453. The second-order valence-corrected chi connectivity index (χ2v) is 7.92. The maximum atomic E-state index is 12.2. The summed E-state index contributed by atoms with van der Waals surface area (Å²) in [5.74, 6) is 0.982. The molecule has 152 valence electrons. The van der Waals surface area contributed by atoms with E-state index >= 15 is 0 Å². The zero-order chi connectivity index (χ0) is 20.8. The number of rotatable bonds is 8. The Bertz CT molecular complexity index is 982. The minimum atomic E-state index is -0.0887. The molecule has 0 saturated heterocycles. The number of tetrazole rings is 1. The van der Waals surface area contributed by atoms with Crippen molar-refractivity contribution >= 4 is 17.7 Å². The number of hydrogen-bond acceptors (Lipinski definition) is 6. The van der Waals surface area contributed by atoms with Gasteiger partial charge < -0.3 is 10.1 Å². The van der Waals surface area contributed by atoms with Gasteiger partial charge in [0.15, 0.2) is 0 Å². The van der Waals surface area contributed by atoms with Crippen molar-refractivity contribution < 1.29 is 9.53 Å². The van der Waals surface area contributed by atoms with Crippen molar-refractivity contribution in [1.82, 2.24) is 25.5 Å². The molecule has 0 saturated carbocycles. The highest BCUT2D eigenvalue weighted by molar-refractivity contribution is 7.99. The van der Waals surface area contributed by atoms with Gasteiger partial charge in [-0.25, -0.2) is 0 Å². The first-order chi connectivity index (χ1) is 13.9. The van der Waals surface area contributed by atoms with E-state index in [9.17, 15) is 4.79 Å². The van der Waals surface area contributed by atoms with Gasteiger partial charge in [0.2, 0.25) is 11.1 Å². The third-order valence-corrected chi connectivity index (χ3v) is 5.16. The molecule has 7 nitrogen and oxygen atoms in total. The van der Waals surface area contributed by atoms with Gasteiger partial charge in [-0.15, -0.1) is 5.10 Å². The predicted octanol–water partition coefficient (Wildman–Crippen LogP) is 3.18. The molecular formula is C21H25N5O2S. The second-order valence-electron chi connectivity index (χ2n) is 6.98. The molecule has 2 aromatic carbocycles. The lowest BCUT2D eigenvalue weighted by Crippen LogP contribution is -2.29. The molecule has 1 aromatic heterocycles. The molecule has 0 atom stereocenters. The van der Waals surface area contributed by atoms with Crippen LogP contribution in [0.3, 0.4) is 0 Å². The van der Waals surface area contributed by atoms with Crippen LogP contribution in [0.4, 0.5) is 0 Å². The van der Waals surface area contributed by atoms with E-state index in [-0.39, 0.29) is 11.7 Å². The number of carbonyl (C=O) groups is 1. The van der Waals surface area contributed by atoms with Crippen molar-refractivity contribution in [3.63, 3.8) is 0 Å². The van der Waals surface area contributed by atoms with Crippen LogP contribution >= 0.6 is 11.8 Å². The summed E-state index contributed by atoms with van der Waals surface area (Å²) < 4.78 is 7.39. The Labute approximate surface area is 174 Å². The van der Waals surface area contributed by atoms with Crippen molar-refractivity contribution in [2.75, 3.05) is 18.9 Å². The topological polar surface area (TPSA) is 81.9 Å². The molecule has 0 aliphatic carbocycles. The maximum absolute atomic E-state index is 12.2. The van der Waals surface area contributed by atoms with Gasteiger partial charge in [0.1, 0.15) is 12.4 Å². The molecule has 1 amide bonds. The number of aromatic nitrogens is 4. The summed E-state index contributed by atoms with van der Waals surface area (Å²) in [6.45, 7) is 8.97. The smallest absolute Gasteiger partial charge is 0.230 e. The number of amides is 1. The lowest BCUT2D eigenvalue weighted by molar-refractivity contribution is -0.118. The standard InChI is InChI=1S/C21H25N5O2S/c1-14-5-6-19(17(4)10-14)28-8-7-22-20(27)13-29-21-23-24-25-26(21)18-11-15(2)9-16(3)12-18/h5-6,9-12H,7-8,13H2,1-4H3,(H,22,27). The van der Waals surface area contributed by atoms with Gasteiger partial charge in [-0.3, -0.25) is 4.79 Å². The van der Waals surface area contributed by atoms with Gasteiger partial charge in [-0.05, 0) is 73.0 Å². The lowest BCUT2D eigenvalue weighted by Gasteiger charge is -2.10. The molecule has 8 heteroatoms. The van der Waals surface area contributed by atoms with Crippen LogP contribution < -0.4 is 10.1 Å². The van der Waals surface area contributed by atoms with E-state index in [1.165, 1.54) is 17.3 Å². The van der Waals surface area contributed by atoms with Crippen LogP contribution in [-0.4, -0.2) is 45.0 Å². The zero-order valence-electron chi connectivity index (χ0n) is 17.1. The Hall–Kier alpha value is -2.87. The Morgan fingerprint density at radius 2 is 1.83 bits per heavy atom. The fourth-order valence-electron chi connectivity index (χ4n) is 3.00. The highest BCUT2D eigenvalue weighted by Crippen LogP contribution is 2.20. The normalized spacial score (nSPS) is 10.8. The fourth-order valence-corrected chi connectivity index (χ4v) is 3.72. The van der Waals surface area contributed by atoms with Crippen LogP contribution in [0.1, 0.15) is 22.3 Å². The van der Waals surface area contributed by atoms with E-state index in [0.29, 0.717) is 18.3 Å². The van der Waals surface area contributed by atoms with Gasteiger partial charge in [-0.2, -0.15) is 4.68 Å². The molecule has 0 radical (unpaired) electrons. The van der Waals surface area contributed by atoms with E-state index in [4.69, 9.17) is 4.74 Å². The molecule has 0 aliphatic heterocycles. The summed E-state index contributed by atoms with van der Waals surface area (Å²) in [7, 11) is 0. The molecular weight excluding hydrogens is 386 g/mol. The van der Waals surface area contributed by atoms with Crippen LogP contribution in [0.2, 0.25) is 0 Å². The number of carbonyl (C=O) groups excluding carboxylic acids is 1. The van der Waals surface area contributed by atoms with Gasteiger partial charge in [0.05, 0.1) is 18.0 Å². The van der Waals surface area contributed by atoms with Crippen LogP contribution in [0.25, 0.3) is 5.69 Å². The minimum Gasteiger partial charge on any atom is -0.491 e. The summed E-state index contributed by atoms with van der Waals surface area (Å²) >= 11 is 1.30. The number of aryl methyl sites for hydroxylation is 4. The first-order valence-corrected chi connectivity index (χ1v) is 10.4. The Morgan fingerprint density at radius 3 is 2.55 bits per heavy atom. The first-order valence-electron chi connectivity index (χ1n) is 9.39.